The molecule has 3 aromatic carbocycles. The van der Waals surface area contributed by atoms with Crippen molar-refractivity contribution in [1.82, 2.24) is 14.8 Å². The normalized spacial score (nSPS) is 11.7. The van der Waals surface area contributed by atoms with Gasteiger partial charge < -0.3 is 24.7 Å². The highest BCUT2D eigenvalue weighted by molar-refractivity contribution is 6.04. The van der Waals surface area contributed by atoms with Crippen LogP contribution in [-0.2, 0) is 4.74 Å². The third kappa shape index (κ3) is 5.85. The summed E-state index contributed by atoms with van der Waals surface area (Å²) in [7, 11) is 3.17. The average Bonchev–Trinajstić information content (AvgIpc) is 3.33. The molecule has 1 unspecified atom stereocenters. The van der Waals surface area contributed by atoms with E-state index in [1.165, 1.54) is 18.2 Å². The molecule has 186 valence electrons. The number of hydrogen-bond acceptors (Lipinski definition) is 8. The van der Waals surface area contributed by atoms with Gasteiger partial charge >= 0.3 is 6.01 Å². The van der Waals surface area contributed by atoms with E-state index in [1.807, 2.05) is 24.3 Å². The van der Waals surface area contributed by atoms with E-state index in [4.69, 9.17) is 19.4 Å². The van der Waals surface area contributed by atoms with Crippen LogP contribution in [0.1, 0.15) is 10.4 Å². The molecule has 0 saturated heterocycles. The van der Waals surface area contributed by atoms with Crippen molar-refractivity contribution in [2.24, 2.45) is 0 Å². The lowest BCUT2D eigenvalue weighted by atomic mass is 10.1. The second kappa shape index (κ2) is 11.4. The van der Waals surface area contributed by atoms with Crippen LogP contribution in [0.3, 0.4) is 0 Å². The number of amides is 1. The molecule has 0 bridgehead atoms. The summed E-state index contributed by atoms with van der Waals surface area (Å²) in [5.74, 6) is 0.801. The number of methoxy groups -OCH3 is 2. The van der Waals surface area contributed by atoms with Gasteiger partial charge in [-0.2, -0.15) is 10.2 Å². The number of anilines is 1. The van der Waals surface area contributed by atoms with Crippen LogP contribution < -0.4 is 20.0 Å². The summed E-state index contributed by atoms with van der Waals surface area (Å²) in [6.07, 6.45) is 0. The van der Waals surface area contributed by atoms with Crippen LogP contribution in [0.4, 0.5) is 11.4 Å². The van der Waals surface area contributed by atoms with Crippen molar-refractivity contribution in [3.63, 3.8) is 0 Å². The minimum absolute atomic E-state index is 0.0396. The fourth-order valence-corrected chi connectivity index (χ4v) is 3.38. The average molecular weight is 492 g/mol. The smallest absolute Gasteiger partial charge is 0.336 e. The van der Waals surface area contributed by atoms with Crippen LogP contribution in [0.15, 0.2) is 72.8 Å². The molecule has 4 rings (SSSR count). The number of rotatable bonds is 10. The lowest BCUT2D eigenvalue weighted by Gasteiger charge is -2.12. The Morgan fingerprint density at radius 1 is 1.06 bits per heavy atom. The van der Waals surface area contributed by atoms with Gasteiger partial charge in [0.1, 0.15) is 12.4 Å². The van der Waals surface area contributed by atoms with Gasteiger partial charge in [0.15, 0.2) is 11.5 Å². The highest BCUT2D eigenvalue weighted by Gasteiger charge is 2.16. The predicted molar refractivity (Wildman–Crippen MR) is 131 cm³/mol. The van der Waals surface area contributed by atoms with Crippen molar-refractivity contribution in [1.29, 1.82) is 0 Å². The zero-order valence-electron chi connectivity index (χ0n) is 19.7. The fourth-order valence-electron chi connectivity index (χ4n) is 3.38. The van der Waals surface area contributed by atoms with Crippen LogP contribution in [0.2, 0.25) is 0 Å². The number of carbonyl (C=O) groups excluding carboxylic acids is 1. The fraction of sp³-hybridized carbons (Fsp3) is 0.160. The van der Waals surface area contributed by atoms with Crippen molar-refractivity contribution in [3.8, 4) is 28.8 Å². The quantitative estimate of drug-likeness (QED) is 0.228. The molecule has 0 saturated carbocycles. The number of aromatic nitrogens is 3. The molecule has 0 aliphatic rings. The molecule has 0 aliphatic carbocycles. The second-order valence-electron chi connectivity index (χ2n) is 7.59. The van der Waals surface area contributed by atoms with Crippen molar-refractivity contribution >= 4 is 17.3 Å². The number of nitrogens with zero attached hydrogens (tertiary/aromatic N) is 3. The predicted octanol–water partition coefficient (Wildman–Crippen LogP) is 2.62. The van der Waals surface area contributed by atoms with Gasteiger partial charge in [0.2, 0.25) is 0 Å². The van der Waals surface area contributed by atoms with Gasteiger partial charge in [-0.1, -0.05) is 18.2 Å². The molecule has 4 aromatic rings. The highest BCUT2D eigenvalue weighted by Crippen LogP contribution is 2.27. The van der Waals surface area contributed by atoms with E-state index in [0.717, 1.165) is 5.56 Å². The number of quaternary nitrogens is 1. The zero-order chi connectivity index (χ0) is 25.5. The topological polar surface area (TPSA) is 135 Å². The van der Waals surface area contributed by atoms with Gasteiger partial charge in [-0.3, -0.25) is 4.79 Å². The van der Waals surface area contributed by atoms with Crippen LogP contribution in [-0.4, -0.2) is 53.3 Å². The second-order valence-corrected chi connectivity index (χ2v) is 7.59. The number of ether oxygens (including phenoxy) is 3. The van der Waals surface area contributed by atoms with Crippen molar-refractivity contribution in [2.75, 3.05) is 32.8 Å². The molecular formula is C25H25N5O6. The van der Waals surface area contributed by atoms with Crippen LogP contribution >= 0.6 is 0 Å². The Labute approximate surface area is 207 Å². The summed E-state index contributed by atoms with van der Waals surface area (Å²) in [5.41, 5.74) is 2.28. The van der Waals surface area contributed by atoms with Crippen LogP contribution in [0.25, 0.3) is 17.1 Å². The molecule has 0 spiro atoms. The Morgan fingerprint density at radius 3 is 2.56 bits per heavy atom. The van der Waals surface area contributed by atoms with E-state index in [9.17, 15) is 10.0 Å². The molecular weight excluding hydrogens is 466 g/mol. The molecule has 0 fully saturated rings. The van der Waals surface area contributed by atoms with Crippen molar-refractivity contribution in [2.45, 2.75) is 0 Å². The zero-order valence-corrected chi connectivity index (χ0v) is 19.7. The molecule has 0 aliphatic heterocycles. The first-order chi connectivity index (χ1) is 17.5. The SMILES string of the molecule is COCCOc1nc(-c2cccc(OC)c2)n(-c2ccc(NC(=O)c3cccc([NH+]([O-])O)c3)cc2)n1. The Balaban J connectivity index is 1.59. The molecule has 11 nitrogen and oxygen atoms in total. The highest BCUT2D eigenvalue weighted by atomic mass is 16.8. The van der Waals surface area contributed by atoms with Gasteiger partial charge in [-0.05, 0) is 42.5 Å². The van der Waals surface area contributed by atoms with E-state index in [1.54, 1.807) is 49.2 Å². The summed E-state index contributed by atoms with van der Waals surface area (Å²) < 4.78 is 17.6. The maximum Gasteiger partial charge on any atom is 0.336 e. The first-order valence-corrected chi connectivity index (χ1v) is 11.0. The molecule has 11 heteroatoms. The van der Waals surface area contributed by atoms with Gasteiger partial charge in [0, 0.05) is 36.1 Å². The van der Waals surface area contributed by atoms with E-state index in [0.29, 0.717) is 36.2 Å². The molecule has 1 atom stereocenters. The largest absolute Gasteiger partial charge is 0.595 e. The third-order valence-corrected chi connectivity index (χ3v) is 5.18. The Morgan fingerprint density at radius 2 is 1.83 bits per heavy atom. The molecule has 1 aromatic heterocycles. The lowest BCUT2D eigenvalue weighted by molar-refractivity contribution is -0.991. The minimum Gasteiger partial charge on any atom is -0.595 e. The molecule has 36 heavy (non-hydrogen) atoms. The van der Waals surface area contributed by atoms with Crippen LogP contribution in [0.5, 0.6) is 11.8 Å². The Kier molecular flexibility index (Phi) is 7.88. The monoisotopic (exact) mass is 491 g/mol. The van der Waals surface area contributed by atoms with E-state index < -0.39 is 11.1 Å². The Bertz CT molecular complexity index is 1320. The van der Waals surface area contributed by atoms with Gasteiger partial charge in [0.25, 0.3) is 5.91 Å². The number of hydrogen-bond donors (Lipinski definition) is 3. The summed E-state index contributed by atoms with van der Waals surface area (Å²) in [5, 5.41) is 26.5. The third-order valence-electron chi connectivity index (χ3n) is 5.18. The molecule has 1 amide bonds. The van der Waals surface area contributed by atoms with E-state index in [2.05, 4.69) is 15.4 Å². The molecule has 0 radical (unpaired) electrons. The van der Waals surface area contributed by atoms with E-state index >= 15 is 0 Å². The maximum absolute atomic E-state index is 12.6. The summed E-state index contributed by atoms with van der Waals surface area (Å²) in [6.45, 7) is 0.693. The van der Waals surface area contributed by atoms with Gasteiger partial charge in [-0.25, -0.2) is 9.89 Å². The first kappa shape index (κ1) is 24.8. The molecule has 1 heterocycles. The summed E-state index contributed by atoms with van der Waals surface area (Å²) >= 11 is 0. The maximum atomic E-state index is 12.6. The summed E-state index contributed by atoms with van der Waals surface area (Å²) in [4.78, 5) is 17.1. The summed E-state index contributed by atoms with van der Waals surface area (Å²) in [6, 6.07) is 20.5. The number of carbonyl (C=O) groups is 1. The number of benzene rings is 3. The lowest BCUT2D eigenvalue weighted by Crippen LogP contribution is -2.99. The van der Waals surface area contributed by atoms with E-state index in [-0.39, 0.29) is 17.3 Å². The standard InChI is InChI=1S/C25H25N5O6/c1-34-13-14-36-25-27-23(17-5-4-8-22(16-17)35-2)29(28-25)20-11-9-19(10-12-20)26-24(31)18-6-3-7-21(15-18)30(32)33/h3-12,15-16,30,32H,13-14H2,1-2H3,(H,26,31). The van der Waals surface area contributed by atoms with Gasteiger partial charge in [0.05, 0.1) is 19.4 Å². The minimum atomic E-state index is -1.10. The molecule has 3 N–H and O–H groups in total. The van der Waals surface area contributed by atoms with Crippen molar-refractivity contribution in [3.05, 3.63) is 83.6 Å². The van der Waals surface area contributed by atoms with Gasteiger partial charge in [-0.15, -0.1) is 5.10 Å². The first-order valence-electron chi connectivity index (χ1n) is 11.0. The van der Waals surface area contributed by atoms with Crippen LogP contribution in [0, 0.1) is 5.21 Å². The van der Waals surface area contributed by atoms with Crippen molar-refractivity contribution < 1.29 is 29.4 Å². The number of nitrogens with one attached hydrogen (secondary N) is 2. The Hall–Kier alpha value is -4.29.